The molecule has 0 N–H and O–H groups in total. The topological polar surface area (TPSA) is 38.8 Å². The number of likely N-dealkylation sites (tertiary alicyclic amines) is 1. The van der Waals surface area contributed by atoms with Gasteiger partial charge < -0.3 is 9.47 Å². The van der Waals surface area contributed by atoms with Crippen molar-refractivity contribution in [1.29, 1.82) is 0 Å². The average molecular weight is 402 g/mol. The lowest BCUT2D eigenvalue weighted by Gasteiger charge is -2.32. The van der Waals surface area contributed by atoms with E-state index in [2.05, 4.69) is 35.2 Å². The average Bonchev–Trinajstić information content (AvgIpc) is 2.73. The van der Waals surface area contributed by atoms with Gasteiger partial charge in [-0.25, -0.2) is 0 Å². The fourth-order valence-corrected chi connectivity index (χ4v) is 3.97. The third-order valence-corrected chi connectivity index (χ3v) is 5.60. The van der Waals surface area contributed by atoms with E-state index in [1.165, 1.54) is 18.4 Å². The van der Waals surface area contributed by atoms with Crippen molar-refractivity contribution in [2.75, 3.05) is 26.3 Å². The minimum atomic E-state index is 0. The lowest BCUT2D eigenvalue weighted by molar-refractivity contribution is 0.0960. The first-order valence-corrected chi connectivity index (χ1v) is 9.97. The van der Waals surface area contributed by atoms with Crippen LogP contribution in [0.15, 0.2) is 48.5 Å². The van der Waals surface area contributed by atoms with Gasteiger partial charge in [-0.2, -0.15) is 0 Å². The Bertz CT molecular complexity index is 773. The van der Waals surface area contributed by atoms with Gasteiger partial charge in [0.05, 0.1) is 0 Å². The summed E-state index contributed by atoms with van der Waals surface area (Å²) in [5, 5.41) is 0. The van der Waals surface area contributed by atoms with Crippen LogP contribution in [-0.4, -0.2) is 37.0 Å². The molecular weight excluding hydrogens is 374 g/mol. The Hall–Kier alpha value is -2.04. The molecule has 0 aromatic heterocycles. The van der Waals surface area contributed by atoms with Gasteiger partial charge in [0.1, 0.15) is 13.2 Å². The molecular formula is C23H28ClNO3. The highest BCUT2D eigenvalue weighted by molar-refractivity contribution is 5.96. The molecule has 2 heterocycles. The first kappa shape index (κ1) is 20.7. The maximum Gasteiger partial charge on any atom is 0.163 e. The summed E-state index contributed by atoms with van der Waals surface area (Å²) in [6, 6.07) is 16.2. The monoisotopic (exact) mass is 401 g/mol. The number of ketones is 1. The molecule has 2 aliphatic rings. The highest BCUT2D eigenvalue weighted by atomic mass is 35.5. The number of ether oxygens (including phenoxy) is 2. The second-order valence-corrected chi connectivity index (χ2v) is 7.53. The van der Waals surface area contributed by atoms with Gasteiger partial charge in [-0.05, 0) is 62.0 Å². The summed E-state index contributed by atoms with van der Waals surface area (Å²) in [5.74, 6) is 2.29. The molecule has 0 spiro atoms. The number of carbonyl (C=O) groups is 1. The van der Waals surface area contributed by atoms with E-state index in [1.807, 2.05) is 18.2 Å². The molecule has 5 heteroatoms. The zero-order valence-electron chi connectivity index (χ0n) is 16.1. The Balaban J connectivity index is 0.00000225. The van der Waals surface area contributed by atoms with Crippen LogP contribution in [0, 0.1) is 5.92 Å². The van der Waals surface area contributed by atoms with Crippen LogP contribution in [0.2, 0.25) is 0 Å². The fourth-order valence-electron chi connectivity index (χ4n) is 3.97. The fraction of sp³-hybridized carbons (Fsp3) is 0.435. The smallest absolute Gasteiger partial charge is 0.163 e. The van der Waals surface area contributed by atoms with Crippen LogP contribution in [0.25, 0.3) is 0 Å². The minimum absolute atomic E-state index is 0. The van der Waals surface area contributed by atoms with E-state index in [4.69, 9.17) is 9.47 Å². The van der Waals surface area contributed by atoms with E-state index in [1.54, 1.807) is 0 Å². The van der Waals surface area contributed by atoms with Gasteiger partial charge in [0.25, 0.3) is 0 Å². The van der Waals surface area contributed by atoms with E-state index in [9.17, 15) is 4.79 Å². The summed E-state index contributed by atoms with van der Waals surface area (Å²) in [6.45, 7) is 4.40. The number of piperidine rings is 1. The van der Waals surface area contributed by atoms with E-state index in [-0.39, 0.29) is 18.2 Å². The van der Waals surface area contributed by atoms with Gasteiger partial charge in [-0.15, -0.1) is 12.4 Å². The molecule has 0 radical (unpaired) electrons. The normalized spacial score (nSPS) is 17.0. The molecule has 0 saturated carbocycles. The minimum Gasteiger partial charge on any atom is -0.486 e. The van der Waals surface area contributed by atoms with Gasteiger partial charge in [0.15, 0.2) is 17.3 Å². The zero-order valence-corrected chi connectivity index (χ0v) is 17.0. The zero-order chi connectivity index (χ0) is 18.5. The number of halogens is 1. The van der Waals surface area contributed by atoms with E-state index in [0.29, 0.717) is 31.3 Å². The third-order valence-electron chi connectivity index (χ3n) is 5.60. The number of rotatable bonds is 6. The van der Waals surface area contributed by atoms with Crippen LogP contribution >= 0.6 is 12.4 Å². The standard InChI is InChI=1S/C23H27NO3.ClH/c25-21(20-7-9-22-23(16-20)27-15-14-26-22)8-6-18-10-12-24(13-11-18)17-19-4-2-1-3-5-19;/h1-5,7,9,16,18H,6,8,10-15,17H2;1H. The van der Waals surface area contributed by atoms with Crippen molar-refractivity contribution in [1.82, 2.24) is 4.90 Å². The lowest BCUT2D eigenvalue weighted by Crippen LogP contribution is -2.33. The van der Waals surface area contributed by atoms with Gasteiger partial charge in [0.2, 0.25) is 0 Å². The van der Waals surface area contributed by atoms with Crippen molar-refractivity contribution < 1.29 is 14.3 Å². The summed E-state index contributed by atoms with van der Waals surface area (Å²) in [7, 11) is 0. The molecule has 2 aromatic carbocycles. The Kier molecular flexibility index (Phi) is 7.35. The molecule has 28 heavy (non-hydrogen) atoms. The van der Waals surface area contributed by atoms with Gasteiger partial charge >= 0.3 is 0 Å². The quantitative estimate of drug-likeness (QED) is 0.654. The molecule has 0 atom stereocenters. The summed E-state index contributed by atoms with van der Waals surface area (Å²) >= 11 is 0. The van der Waals surface area contributed by atoms with Crippen LogP contribution in [0.3, 0.4) is 0 Å². The maximum atomic E-state index is 12.6. The predicted molar refractivity (Wildman–Crippen MR) is 113 cm³/mol. The SMILES string of the molecule is Cl.O=C(CCC1CCN(Cc2ccccc2)CC1)c1ccc2c(c1)OCCO2. The lowest BCUT2D eigenvalue weighted by atomic mass is 9.90. The van der Waals surface area contributed by atoms with Gasteiger partial charge in [-0.3, -0.25) is 9.69 Å². The van der Waals surface area contributed by atoms with E-state index >= 15 is 0 Å². The Morgan fingerprint density at radius 2 is 1.68 bits per heavy atom. The summed E-state index contributed by atoms with van der Waals surface area (Å²) in [6.07, 6.45) is 3.96. The van der Waals surface area contributed by atoms with E-state index in [0.717, 1.165) is 37.4 Å². The van der Waals surface area contributed by atoms with Crippen molar-refractivity contribution >= 4 is 18.2 Å². The molecule has 4 nitrogen and oxygen atoms in total. The molecule has 0 aliphatic carbocycles. The highest BCUT2D eigenvalue weighted by Crippen LogP contribution is 2.31. The number of hydrogen-bond donors (Lipinski definition) is 0. The Morgan fingerprint density at radius 1 is 0.964 bits per heavy atom. The largest absolute Gasteiger partial charge is 0.486 e. The third kappa shape index (κ3) is 5.27. The van der Waals surface area contributed by atoms with Crippen LogP contribution in [-0.2, 0) is 6.54 Å². The molecule has 4 rings (SSSR count). The Labute approximate surface area is 173 Å². The van der Waals surface area contributed by atoms with Crippen molar-refractivity contribution in [3.63, 3.8) is 0 Å². The molecule has 1 saturated heterocycles. The number of benzene rings is 2. The molecule has 150 valence electrons. The molecule has 2 aliphatic heterocycles. The van der Waals surface area contributed by atoms with Gasteiger partial charge in [0, 0.05) is 18.5 Å². The summed E-state index contributed by atoms with van der Waals surface area (Å²) in [5.41, 5.74) is 2.12. The molecule has 0 amide bonds. The van der Waals surface area contributed by atoms with Crippen LogP contribution in [0.1, 0.15) is 41.6 Å². The maximum absolute atomic E-state index is 12.6. The van der Waals surface area contributed by atoms with Crippen LogP contribution < -0.4 is 9.47 Å². The second-order valence-electron chi connectivity index (χ2n) is 7.53. The first-order valence-electron chi connectivity index (χ1n) is 9.97. The van der Waals surface area contributed by atoms with Crippen molar-refractivity contribution in [2.24, 2.45) is 5.92 Å². The first-order chi connectivity index (χ1) is 13.3. The molecule has 2 aromatic rings. The number of Topliss-reactive ketones (excluding diaryl/α,β-unsaturated/α-hetero) is 1. The van der Waals surface area contributed by atoms with Crippen molar-refractivity contribution in [3.8, 4) is 11.5 Å². The number of carbonyl (C=O) groups excluding carboxylic acids is 1. The molecule has 1 fully saturated rings. The van der Waals surface area contributed by atoms with Gasteiger partial charge in [-0.1, -0.05) is 30.3 Å². The highest BCUT2D eigenvalue weighted by Gasteiger charge is 2.21. The predicted octanol–water partition coefficient (Wildman–Crippen LogP) is 4.75. The van der Waals surface area contributed by atoms with Crippen molar-refractivity contribution in [2.45, 2.75) is 32.2 Å². The Morgan fingerprint density at radius 3 is 2.43 bits per heavy atom. The summed E-state index contributed by atoms with van der Waals surface area (Å²) < 4.78 is 11.1. The van der Waals surface area contributed by atoms with Crippen molar-refractivity contribution in [3.05, 3.63) is 59.7 Å². The number of nitrogens with zero attached hydrogens (tertiary/aromatic N) is 1. The summed E-state index contributed by atoms with van der Waals surface area (Å²) in [4.78, 5) is 15.1. The number of hydrogen-bond acceptors (Lipinski definition) is 4. The van der Waals surface area contributed by atoms with Crippen LogP contribution in [0.5, 0.6) is 11.5 Å². The second kappa shape index (κ2) is 9.94. The van der Waals surface area contributed by atoms with E-state index < -0.39 is 0 Å². The molecule has 0 bridgehead atoms. The molecule has 0 unspecified atom stereocenters. The number of fused-ring (bicyclic) bond motifs is 1. The van der Waals surface area contributed by atoms with Crippen LogP contribution in [0.4, 0.5) is 0 Å².